The van der Waals surface area contributed by atoms with Crippen molar-refractivity contribution in [3.05, 3.63) is 0 Å². The Hall–Kier alpha value is -0.200. The van der Waals surface area contributed by atoms with Crippen LogP contribution in [0.3, 0.4) is 0 Å². The summed E-state index contributed by atoms with van der Waals surface area (Å²) in [6, 6.07) is 0. The second kappa shape index (κ2) is 21.5. The summed E-state index contributed by atoms with van der Waals surface area (Å²) in [7, 11) is 2.27. The summed E-state index contributed by atoms with van der Waals surface area (Å²) < 4.78 is 11.9. The van der Waals surface area contributed by atoms with Gasteiger partial charge < -0.3 is 24.2 Å². The van der Waals surface area contributed by atoms with Gasteiger partial charge in [0.05, 0.1) is 53.2 Å². The molecule has 0 aliphatic rings. The summed E-state index contributed by atoms with van der Waals surface area (Å²) in [5, 5.41) is 17.7. The van der Waals surface area contributed by atoms with Crippen LogP contribution in [0.15, 0.2) is 0 Å². The van der Waals surface area contributed by atoms with E-state index in [2.05, 4.69) is 14.0 Å². The van der Waals surface area contributed by atoms with E-state index < -0.39 is 0 Å². The van der Waals surface area contributed by atoms with Gasteiger partial charge in [0.25, 0.3) is 0 Å². The molecule has 0 saturated heterocycles. The summed E-state index contributed by atoms with van der Waals surface area (Å²) in [5.74, 6) is 0. The highest BCUT2D eigenvalue weighted by atomic mass is 16.5. The first kappa shape index (κ1) is 27.8. The highest BCUT2D eigenvalue weighted by molar-refractivity contribution is 4.50. The van der Waals surface area contributed by atoms with E-state index in [4.69, 9.17) is 19.7 Å². The Morgan fingerprint density at radius 2 is 0.929 bits per heavy atom. The minimum absolute atomic E-state index is 0.0854. The lowest BCUT2D eigenvalue weighted by atomic mass is 10.1. The predicted octanol–water partition coefficient (Wildman–Crippen LogP) is 4.15. The molecule has 0 aliphatic heterocycles. The normalized spacial score (nSPS) is 12.0. The third-order valence-corrected chi connectivity index (χ3v) is 5.57. The monoisotopic (exact) mass is 404 g/mol. The SMILES string of the molecule is CCCCCCCCCCCCCC[N+](C)(CCOCCO)CCOCCO. The van der Waals surface area contributed by atoms with Gasteiger partial charge in [0.2, 0.25) is 0 Å². The minimum Gasteiger partial charge on any atom is -0.394 e. The van der Waals surface area contributed by atoms with Crippen molar-refractivity contribution in [1.29, 1.82) is 0 Å². The Morgan fingerprint density at radius 3 is 1.32 bits per heavy atom. The van der Waals surface area contributed by atoms with Gasteiger partial charge in [-0.3, -0.25) is 0 Å². The number of aliphatic hydroxyl groups excluding tert-OH is 2. The van der Waals surface area contributed by atoms with Crippen molar-refractivity contribution in [1.82, 2.24) is 0 Å². The van der Waals surface area contributed by atoms with Crippen molar-refractivity contribution >= 4 is 0 Å². The van der Waals surface area contributed by atoms with E-state index in [1.165, 1.54) is 77.0 Å². The molecule has 0 aromatic carbocycles. The van der Waals surface area contributed by atoms with E-state index in [0.29, 0.717) is 26.4 Å². The van der Waals surface area contributed by atoms with Crippen LogP contribution in [0.2, 0.25) is 0 Å². The molecule has 2 N–H and O–H groups in total. The second-order valence-electron chi connectivity index (χ2n) is 8.35. The molecule has 0 aromatic rings. The van der Waals surface area contributed by atoms with E-state index in [1.807, 2.05) is 0 Å². The number of hydrogen-bond acceptors (Lipinski definition) is 4. The molecule has 0 rings (SSSR count). The summed E-state index contributed by atoms with van der Waals surface area (Å²) in [4.78, 5) is 0. The van der Waals surface area contributed by atoms with Gasteiger partial charge in [-0.2, -0.15) is 0 Å². The Bertz CT molecular complexity index is 290. The van der Waals surface area contributed by atoms with Gasteiger partial charge in [-0.15, -0.1) is 0 Å². The van der Waals surface area contributed by atoms with Crippen LogP contribution in [0.1, 0.15) is 84.0 Å². The lowest BCUT2D eigenvalue weighted by Crippen LogP contribution is -2.49. The molecular weight excluding hydrogens is 354 g/mol. The van der Waals surface area contributed by atoms with Gasteiger partial charge >= 0.3 is 0 Å². The molecule has 0 atom stereocenters. The van der Waals surface area contributed by atoms with Crippen LogP contribution >= 0.6 is 0 Å². The first-order chi connectivity index (χ1) is 13.7. The zero-order valence-corrected chi connectivity index (χ0v) is 19.0. The molecule has 0 radical (unpaired) electrons. The number of aliphatic hydroxyl groups is 2. The van der Waals surface area contributed by atoms with Crippen LogP contribution in [0.5, 0.6) is 0 Å². The summed E-state index contributed by atoms with van der Waals surface area (Å²) in [6.45, 7) is 7.66. The van der Waals surface area contributed by atoms with Gasteiger partial charge in [-0.1, -0.05) is 71.1 Å². The number of unbranched alkanes of at least 4 members (excludes halogenated alkanes) is 11. The number of hydrogen-bond donors (Lipinski definition) is 2. The Labute approximate surface area is 175 Å². The number of quaternary nitrogens is 1. The fourth-order valence-electron chi connectivity index (χ4n) is 3.57. The van der Waals surface area contributed by atoms with Crippen molar-refractivity contribution in [3.63, 3.8) is 0 Å². The molecule has 0 bridgehead atoms. The van der Waals surface area contributed by atoms with Crippen LogP contribution in [-0.2, 0) is 9.47 Å². The summed E-state index contributed by atoms with van der Waals surface area (Å²) in [6.07, 6.45) is 16.5. The van der Waals surface area contributed by atoms with E-state index in [9.17, 15) is 0 Å². The Morgan fingerprint density at radius 1 is 0.536 bits per heavy atom. The molecule has 0 fully saturated rings. The van der Waals surface area contributed by atoms with Crippen molar-refractivity contribution in [2.75, 3.05) is 66.3 Å². The fraction of sp³-hybridized carbons (Fsp3) is 1.00. The third-order valence-electron chi connectivity index (χ3n) is 5.57. The summed E-state index contributed by atoms with van der Waals surface area (Å²) in [5.41, 5.74) is 0. The molecule has 0 saturated carbocycles. The molecule has 0 heterocycles. The van der Waals surface area contributed by atoms with Crippen LogP contribution in [0.25, 0.3) is 0 Å². The van der Waals surface area contributed by atoms with E-state index in [-0.39, 0.29) is 13.2 Å². The number of likely N-dealkylation sites (N-methyl/N-ethyl adjacent to an activating group) is 1. The quantitative estimate of drug-likeness (QED) is 0.198. The second-order valence-corrected chi connectivity index (χ2v) is 8.35. The molecular formula is C23H50NO4+. The largest absolute Gasteiger partial charge is 0.394 e. The van der Waals surface area contributed by atoms with Crippen LogP contribution < -0.4 is 0 Å². The molecule has 0 aromatic heterocycles. The van der Waals surface area contributed by atoms with Crippen LogP contribution in [0.4, 0.5) is 0 Å². The molecule has 28 heavy (non-hydrogen) atoms. The average Bonchev–Trinajstić information content (AvgIpc) is 2.70. The summed E-state index contributed by atoms with van der Waals surface area (Å²) >= 11 is 0. The lowest BCUT2D eigenvalue weighted by Gasteiger charge is -2.34. The maximum absolute atomic E-state index is 8.85. The number of ether oxygens (including phenoxy) is 2. The standard InChI is InChI=1S/C23H50NO4/c1-3-4-5-6-7-8-9-10-11-12-13-14-15-24(2,16-20-27-22-18-25)17-21-28-23-19-26/h25-26H,3-23H2,1-2H3/q+1. The maximum atomic E-state index is 8.85. The van der Waals surface area contributed by atoms with Crippen molar-refractivity contribution in [2.45, 2.75) is 84.0 Å². The number of rotatable bonds is 23. The van der Waals surface area contributed by atoms with Crippen molar-refractivity contribution in [3.8, 4) is 0 Å². The van der Waals surface area contributed by atoms with Gasteiger partial charge in [0.1, 0.15) is 13.1 Å². The molecule has 0 unspecified atom stereocenters. The highest BCUT2D eigenvalue weighted by Gasteiger charge is 2.20. The molecule has 170 valence electrons. The van der Waals surface area contributed by atoms with Gasteiger partial charge in [0.15, 0.2) is 0 Å². The van der Waals surface area contributed by atoms with Gasteiger partial charge in [-0.05, 0) is 12.8 Å². The highest BCUT2D eigenvalue weighted by Crippen LogP contribution is 2.13. The molecule has 5 heteroatoms. The molecule has 0 amide bonds. The van der Waals surface area contributed by atoms with E-state index >= 15 is 0 Å². The first-order valence-corrected chi connectivity index (χ1v) is 11.9. The molecule has 5 nitrogen and oxygen atoms in total. The van der Waals surface area contributed by atoms with Gasteiger partial charge in [0, 0.05) is 0 Å². The van der Waals surface area contributed by atoms with Crippen molar-refractivity contribution in [2.24, 2.45) is 0 Å². The molecule has 0 aliphatic carbocycles. The first-order valence-electron chi connectivity index (χ1n) is 11.9. The van der Waals surface area contributed by atoms with E-state index in [0.717, 1.165) is 24.1 Å². The minimum atomic E-state index is 0.0854. The van der Waals surface area contributed by atoms with Crippen molar-refractivity contribution < 1.29 is 24.2 Å². The predicted molar refractivity (Wildman–Crippen MR) is 118 cm³/mol. The lowest BCUT2D eigenvalue weighted by molar-refractivity contribution is -0.910. The van der Waals surface area contributed by atoms with Crippen LogP contribution in [-0.4, -0.2) is 81.0 Å². The van der Waals surface area contributed by atoms with Crippen LogP contribution in [0, 0.1) is 0 Å². The number of nitrogens with zero attached hydrogens (tertiary/aromatic N) is 1. The third kappa shape index (κ3) is 19.1. The van der Waals surface area contributed by atoms with Gasteiger partial charge in [-0.25, -0.2) is 0 Å². The maximum Gasteiger partial charge on any atom is 0.102 e. The zero-order valence-electron chi connectivity index (χ0n) is 19.0. The smallest absolute Gasteiger partial charge is 0.102 e. The zero-order chi connectivity index (χ0) is 20.8. The van der Waals surface area contributed by atoms with E-state index in [1.54, 1.807) is 0 Å². The Balaban J connectivity index is 3.75. The molecule has 0 spiro atoms. The topological polar surface area (TPSA) is 58.9 Å². The Kier molecular flexibility index (Phi) is 21.4. The average molecular weight is 405 g/mol. The fourth-order valence-corrected chi connectivity index (χ4v) is 3.57.